The summed E-state index contributed by atoms with van der Waals surface area (Å²) in [6.45, 7) is 1.04. The van der Waals surface area contributed by atoms with Crippen LogP contribution in [0.25, 0.3) is 0 Å². The minimum Gasteiger partial charge on any atom is -0.464 e. The van der Waals surface area contributed by atoms with Crippen molar-refractivity contribution in [1.29, 1.82) is 0 Å². The van der Waals surface area contributed by atoms with Crippen molar-refractivity contribution >= 4 is 18.4 Å². The van der Waals surface area contributed by atoms with E-state index >= 15 is 0 Å². The molecule has 0 spiro atoms. The van der Waals surface area contributed by atoms with E-state index in [0.29, 0.717) is 26.0 Å². The number of aliphatic hydroxyl groups is 1. The Bertz CT molecular complexity index is 458. The molecule has 0 heterocycles. The molecule has 2 rings (SSSR count). The molecule has 124 valence electrons. The van der Waals surface area contributed by atoms with E-state index < -0.39 is 11.5 Å². The van der Waals surface area contributed by atoms with E-state index in [2.05, 4.69) is 0 Å². The Morgan fingerprint density at radius 2 is 1.86 bits per heavy atom. The lowest BCUT2D eigenvalue weighted by Gasteiger charge is -2.31. The van der Waals surface area contributed by atoms with Crippen LogP contribution in [-0.2, 0) is 9.53 Å². The van der Waals surface area contributed by atoms with Crippen LogP contribution in [-0.4, -0.2) is 48.8 Å². The number of hydrogen-bond acceptors (Lipinski definition) is 4. The molecule has 1 aromatic carbocycles. The number of likely N-dealkylation sites (N-methyl/N-ethyl adjacent to an activating group) is 1. The number of esters is 1. The molecule has 0 aromatic heterocycles. The van der Waals surface area contributed by atoms with Crippen LogP contribution in [0.2, 0.25) is 0 Å². The van der Waals surface area contributed by atoms with Crippen LogP contribution in [0, 0.1) is 0 Å². The van der Waals surface area contributed by atoms with Crippen molar-refractivity contribution in [2.75, 3.05) is 27.2 Å². The Labute approximate surface area is 138 Å². The maximum Gasteiger partial charge on any atom is 0.316 e. The Kier molecular flexibility index (Phi) is 7.33. The number of nitrogens with zero attached hydrogens (tertiary/aromatic N) is 1. The van der Waals surface area contributed by atoms with E-state index in [1.54, 1.807) is 0 Å². The topological polar surface area (TPSA) is 49.8 Å². The number of hydrogen-bond donors (Lipinski definition) is 1. The summed E-state index contributed by atoms with van der Waals surface area (Å²) in [6.07, 6.45) is 3.25. The molecular formula is C17H26ClNO3. The lowest BCUT2D eigenvalue weighted by atomic mass is 9.81. The lowest BCUT2D eigenvalue weighted by Crippen LogP contribution is -2.39. The fourth-order valence-corrected chi connectivity index (χ4v) is 3.00. The molecule has 0 saturated heterocycles. The average molecular weight is 328 g/mol. The average Bonchev–Trinajstić information content (AvgIpc) is 2.87. The van der Waals surface area contributed by atoms with Gasteiger partial charge in [-0.05, 0) is 32.5 Å². The van der Waals surface area contributed by atoms with Gasteiger partial charge in [-0.1, -0.05) is 43.2 Å². The molecule has 0 bridgehead atoms. The lowest BCUT2D eigenvalue weighted by molar-refractivity contribution is -0.152. The summed E-state index contributed by atoms with van der Waals surface area (Å²) in [4.78, 5) is 14.5. The highest BCUT2D eigenvalue weighted by atomic mass is 35.5. The summed E-state index contributed by atoms with van der Waals surface area (Å²) in [5.74, 6) is -0.893. The summed E-state index contributed by atoms with van der Waals surface area (Å²) in [5, 5.41) is 10.9. The first-order valence-corrected chi connectivity index (χ1v) is 7.62. The molecule has 22 heavy (non-hydrogen) atoms. The number of rotatable bonds is 6. The molecule has 1 aromatic rings. The van der Waals surface area contributed by atoms with Crippen LogP contribution in [0.5, 0.6) is 0 Å². The third-order valence-corrected chi connectivity index (χ3v) is 4.16. The molecule has 5 heteroatoms. The van der Waals surface area contributed by atoms with Gasteiger partial charge in [0.1, 0.15) is 12.5 Å². The van der Waals surface area contributed by atoms with E-state index in [9.17, 15) is 9.90 Å². The maximum atomic E-state index is 12.5. The van der Waals surface area contributed by atoms with Gasteiger partial charge in [0.05, 0.1) is 5.60 Å². The predicted octanol–water partition coefficient (Wildman–Crippen LogP) is 2.60. The van der Waals surface area contributed by atoms with E-state index in [1.807, 2.05) is 49.3 Å². The molecule has 4 nitrogen and oxygen atoms in total. The van der Waals surface area contributed by atoms with Crippen LogP contribution >= 0.6 is 12.4 Å². The standard InChI is InChI=1S/C17H25NO3.ClH/c1-18(2)12-13-21-16(19)15(14-8-4-3-5-9-14)17(20)10-6-7-11-17;/h3-5,8-9,15,20H,6-7,10-13H2,1-2H3;1H/t15-;/m0./s1. The van der Waals surface area contributed by atoms with Gasteiger partial charge in [-0.25, -0.2) is 0 Å². The van der Waals surface area contributed by atoms with Crippen LogP contribution in [0.3, 0.4) is 0 Å². The number of ether oxygens (including phenoxy) is 1. The van der Waals surface area contributed by atoms with Crippen molar-refractivity contribution in [3.63, 3.8) is 0 Å². The minimum atomic E-state index is -0.962. The van der Waals surface area contributed by atoms with Crippen molar-refractivity contribution in [3.05, 3.63) is 35.9 Å². The van der Waals surface area contributed by atoms with Gasteiger partial charge < -0.3 is 14.7 Å². The Morgan fingerprint density at radius 1 is 1.27 bits per heavy atom. The molecule has 1 fully saturated rings. The van der Waals surface area contributed by atoms with Gasteiger partial charge in [-0.15, -0.1) is 12.4 Å². The van der Waals surface area contributed by atoms with E-state index in [4.69, 9.17) is 4.74 Å². The summed E-state index contributed by atoms with van der Waals surface area (Å²) in [5.41, 5.74) is -0.118. The normalized spacial score (nSPS) is 17.8. The first kappa shape index (κ1) is 18.9. The Balaban J connectivity index is 0.00000242. The third-order valence-electron chi connectivity index (χ3n) is 4.16. The van der Waals surface area contributed by atoms with Crippen molar-refractivity contribution < 1.29 is 14.6 Å². The van der Waals surface area contributed by atoms with Crippen molar-refractivity contribution in [1.82, 2.24) is 4.90 Å². The summed E-state index contributed by atoms with van der Waals surface area (Å²) >= 11 is 0. The van der Waals surface area contributed by atoms with Gasteiger partial charge in [0.15, 0.2) is 0 Å². The summed E-state index contributed by atoms with van der Waals surface area (Å²) in [6, 6.07) is 9.50. The highest BCUT2D eigenvalue weighted by Gasteiger charge is 2.45. The number of halogens is 1. The zero-order valence-electron chi connectivity index (χ0n) is 13.3. The molecule has 1 aliphatic rings. The third kappa shape index (κ3) is 4.70. The molecule has 1 atom stereocenters. The fourth-order valence-electron chi connectivity index (χ4n) is 3.00. The van der Waals surface area contributed by atoms with E-state index in [1.165, 1.54) is 0 Å². The van der Waals surface area contributed by atoms with Crippen LogP contribution in [0.15, 0.2) is 30.3 Å². The van der Waals surface area contributed by atoms with Crippen molar-refractivity contribution in [2.24, 2.45) is 0 Å². The van der Waals surface area contributed by atoms with Crippen molar-refractivity contribution in [3.8, 4) is 0 Å². The van der Waals surface area contributed by atoms with Gasteiger partial charge in [-0.2, -0.15) is 0 Å². The molecule has 0 unspecified atom stereocenters. The maximum absolute atomic E-state index is 12.5. The molecule has 0 aliphatic heterocycles. The monoisotopic (exact) mass is 327 g/mol. The first-order valence-electron chi connectivity index (χ1n) is 7.62. The largest absolute Gasteiger partial charge is 0.464 e. The zero-order valence-corrected chi connectivity index (χ0v) is 14.1. The smallest absolute Gasteiger partial charge is 0.316 e. The molecule has 1 aliphatic carbocycles. The summed E-state index contributed by atoms with van der Waals surface area (Å²) < 4.78 is 5.41. The molecule has 1 N–H and O–H groups in total. The van der Waals surface area contributed by atoms with Gasteiger partial charge >= 0.3 is 5.97 Å². The Hall–Kier alpha value is -1.10. The van der Waals surface area contributed by atoms with E-state index in [0.717, 1.165) is 18.4 Å². The van der Waals surface area contributed by atoms with Crippen molar-refractivity contribution in [2.45, 2.75) is 37.2 Å². The number of benzene rings is 1. The summed E-state index contributed by atoms with van der Waals surface area (Å²) in [7, 11) is 3.88. The van der Waals surface area contributed by atoms with Crippen LogP contribution < -0.4 is 0 Å². The molecular weight excluding hydrogens is 302 g/mol. The number of carbonyl (C=O) groups excluding carboxylic acids is 1. The quantitative estimate of drug-likeness (QED) is 0.816. The van der Waals surface area contributed by atoms with Gasteiger partial charge in [-0.3, -0.25) is 4.79 Å². The van der Waals surface area contributed by atoms with Gasteiger partial charge in [0.25, 0.3) is 0 Å². The zero-order chi connectivity index (χ0) is 15.3. The highest BCUT2D eigenvalue weighted by Crippen LogP contribution is 2.41. The number of carbonyl (C=O) groups is 1. The second-order valence-electron chi connectivity index (χ2n) is 6.13. The van der Waals surface area contributed by atoms with Gasteiger partial charge in [0, 0.05) is 6.54 Å². The van der Waals surface area contributed by atoms with Crippen LogP contribution in [0.1, 0.15) is 37.2 Å². The van der Waals surface area contributed by atoms with Gasteiger partial charge in [0.2, 0.25) is 0 Å². The predicted molar refractivity (Wildman–Crippen MR) is 89.4 cm³/mol. The second kappa shape index (κ2) is 8.51. The molecule has 1 saturated carbocycles. The first-order chi connectivity index (χ1) is 10.0. The SMILES string of the molecule is CN(C)CCOC(=O)[C@H](c1ccccc1)C1(O)CCCC1.Cl. The molecule has 0 radical (unpaired) electrons. The van der Waals surface area contributed by atoms with E-state index in [-0.39, 0.29) is 18.4 Å². The minimum absolute atomic E-state index is 0. The van der Waals surface area contributed by atoms with Crippen LogP contribution in [0.4, 0.5) is 0 Å². The Morgan fingerprint density at radius 3 is 2.41 bits per heavy atom. The fraction of sp³-hybridized carbons (Fsp3) is 0.588. The molecule has 0 amide bonds. The second-order valence-corrected chi connectivity index (χ2v) is 6.13. The highest BCUT2D eigenvalue weighted by molar-refractivity contribution is 5.85.